The highest BCUT2D eigenvalue weighted by Crippen LogP contribution is 2.24. The molecule has 0 spiro atoms. The van der Waals surface area contributed by atoms with Crippen LogP contribution in [0.1, 0.15) is 18.9 Å². The van der Waals surface area contributed by atoms with E-state index >= 15 is 0 Å². The van der Waals surface area contributed by atoms with E-state index in [0.29, 0.717) is 31.1 Å². The van der Waals surface area contributed by atoms with Gasteiger partial charge in [0.1, 0.15) is 5.75 Å². The van der Waals surface area contributed by atoms with Gasteiger partial charge in [0.05, 0.1) is 11.5 Å². The van der Waals surface area contributed by atoms with Crippen LogP contribution in [0, 0.1) is 6.92 Å². The summed E-state index contributed by atoms with van der Waals surface area (Å²) >= 11 is 0. The number of rotatable bonds is 4. The Balaban J connectivity index is 2.26. The van der Waals surface area contributed by atoms with Crippen LogP contribution >= 0.6 is 0 Å². The highest BCUT2D eigenvalue weighted by molar-refractivity contribution is 7.89. The van der Waals surface area contributed by atoms with Crippen molar-refractivity contribution in [2.45, 2.75) is 25.2 Å². The van der Waals surface area contributed by atoms with E-state index in [-0.39, 0.29) is 0 Å². The average Bonchev–Trinajstić information content (AvgIpc) is 2.70. The summed E-state index contributed by atoms with van der Waals surface area (Å²) in [5.74, 6) is 0.740. The molecule has 1 aliphatic heterocycles. The first kappa shape index (κ1) is 15.3. The highest BCUT2D eigenvalue weighted by Gasteiger charge is 2.25. The van der Waals surface area contributed by atoms with Crippen molar-refractivity contribution in [2.75, 3.05) is 32.8 Å². The Morgan fingerprint density at radius 3 is 2.80 bits per heavy atom. The summed E-state index contributed by atoms with van der Waals surface area (Å²) in [6.45, 7) is 7.02. The number of benzene rings is 1. The van der Waals surface area contributed by atoms with Crippen LogP contribution in [0.25, 0.3) is 0 Å². The fourth-order valence-electron chi connectivity index (χ4n) is 2.31. The number of hydrogen-bond acceptors (Lipinski definition) is 4. The lowest BCUT2D eigenvalue weighted by Gasteiger charge is -2.20. The molecular weight excluding hydrogens is 276 g/mol. The minimum absolute atomic E-state index is 0.348. The van der Waals surface area contributed by atoms with E-state index in [0.717, 1.165) is 24.3 Å². The van der Waals surface area contributed by atoms with Crippen LogP contribution in [0.3, 0.4) is 0 Å². The number of sulfonamides is 1. The molecule has 0 unspecified atom stereocenters. The first-order valence-corrected chi connectivity index (χ1v) is 8.44. The first-order chi connectivity index (χ1) is 9.55. The molecule has 1 saturated heterocycles. The van der Waals surface area contributed by atoms with Crippen LogP contribution in [-0.2, 0) is 10.0 Å². The van der Waals surface area contributed by atoms with Crippen LogP contribution in [0.15, 0.2) is 23.1 Å². The van der Waals surface area contributed by atoms with Crippen LogP contribution < -0.4 is 10.1 Å². The molecule has 1 N–H and O–H groups in total. The van der Waals surface area contributed by atoms with Gasteiger partial charge in [0, 0.05) is 19.6 Å². The van der Waals surface area contributed by atoms with Gasteiger partial charge in [0.15, 0.2) is 0 Å². The largest absolute Gasteiger partial charge is 0.494 e. The predicted molar refractivity (Wildman–Crippen MR) is 78.6 cm³/mol. The van der Waals surface area contributed by atoms with Gasteiger partial charge in [-0.2, -0.15) is 4.31 Å². The second-order valence-corrected chi connectivity index (χ2v) is 6.81. The molecule has 0 atom stereocenters. The van der Waals surface area contributed by atoms with Crippen LogP contribution in [0.5, 0.6) is 5.75 Å². The summed E-state index contributed by atoms with van der Waals surface area (Å²) in [5.41, 5.74) is 0.848. The molecule has 6 heteroatoms. The number of aryl methyl sites for hydroxylation is 1. The summed E-state index contributed by atoms with van der Waals surface area (Å²) in [5, 5.41) is 3.21. The lowest BCUT2D eigenvalue weighted by molar-refractivity contribution is 0.337. The zero-order chi connectivity index (χ0) is 14.6. The minimum atomic E-state index is -3.40. The van der Waals surface area contributed by atoms with Crippen molar-refractivity contribution in [1.29, 1.82) is 0 Å². The number of hydrogen-bond donors (Lipinski definition) is 1. The lowest BCUT2D eigenvalue weighted by atomic mass is 10.2. The van der Waals surface area contributed by atoms with Crippen molar-refractivity contribution >= 4 is 10.0 Å². The number of ether oxygens (including phenoxy) is 1. The molecular formula is C14H22N2O3S. The molecule has 1 aromatic carbocycles. The summed E-state index contributed by atoms with van der Waals surface area (Å²) in [4.78, 5) is 0.348. The molecule has 2 rings (SSSR count). The van der Waals surface area contributed by atoms with Crippen molar-refractivity contribution in [3.63, 3.8) is 0 Å². The molecule has 1 fully saturated rings. The van der Waals surface area contributed by atoms with Gasteiger partial charge in [-0.15, -0.1) is 0 Å². The summed E-state index contributed by atoms with van der Waals surface area (Å²) in [6, 6.07) is 5.06. The van der Waals surface area contributed by atoms with E-state index in [1.807, 2.05) is 13.8 Å². The third kappa shape index (κ3) is 3.31. The van der Waals surface area contributed by atoms with Gasteiger partial charge in [-0.1, -0.05) is 0 Å². The standard InChI is InChI=1S/C14H22N2O3S/c1-3-19-14-6-5-13(11-12(14)2)20(17,18)16-9-4-7-15-8-10-16/h5-6,11,15H,3-4,7-10H2,1-2H3. The smallest absolute Gasteiger partial charge is 0.243 e. The molecule has 5 nitrogen and oxygen atoms in total. The molecule has 1 aromatic rings. The SMILES string of the molecule is CCOc1ccc(S(=O)(=O)N2CCCNCC2)cc1C. The lowest BCUT2D eigenvalue weighted by Crippen LogP contribution is -2.34. The fourth-order valence-corrected chi connectivity index (χ4v) is 3.88. The summed E-state index contributed by atoms with van der Waals surface area (Å²) in [7, 11) is -3.40. The van der Waals surface area contributed by atoms with Crippen molar-refractivity contribution in [1.82, 2.24) is 9.62 Å². The Morgan fingerprint density at radius 2 is 2.10 bits per heavy atom. The maximum atomic E-state index is 12.6. The van der Waals surface area contributed by atoms with Crippen molar-refractivity contribution < 1.29 is 13.2 Å². The Bertz CT molecular complexity index is 550. The Kier molecular flexibility index (Phi) is 5.01. The normalized spacial score (nSPS) is 17.7. The van der Waals surface area contributed by atoms with E-state index in [2.05, 4.69) is 5.32 Å². The van der Waals surface area contributed by atoms with Gasteiger partial charge in [-0.05, 0) is 50.6 Å². The molecule has 0 aliphatic carbocycles. The zero-order valence-electron chi connectivity index (χ0n) is 12.1. The topological polar surface area (TPSA) is 58.6 Å². The van der Waals surface area contributed by atoms with E-state index in [1.165, 1.54) is 0 Å². The summed E-state index contributed by atoms with van der Waals surface area (Å²) in [6.07, 6.45) is 0.843. The molecule has 0 amide bonds. The zero-order valence-corrected chi connectivity index (χ0v) is 12.9. The van der Waals surface area contributed by atoms with Gasteiger partial charge < -0.3 is 10.1 Å². The van der Waals surface area contributed by atoms with Crippen LogP contribution in [0.2, 0.25) is 0 Å². The van der Waals surface area contributed by atoms with Gasteiger partial charge in [-0.25, -0.2) is 8.42 Å². The van der Waals surface area contributed by atoms with Crippen LogP contribution in [0.4, 0.5) is 0 Å². The summed E-state index contributed by atoms with van der Waals surface area (Å²) < 4.78 is 32.2. The second kappa shape index (κ2) is 6.56. The second-order valence-electron chi connectivity index (χ2n) is 4.87. The molecule has 1 heterocycles. The minimum Gasteiger partial charge on any atom is -0.494 e. The average molecular weight is 298 g/mol. The van der Waals surface area contributed by atoms with E-state index < -0.39 is 10.0 Å². The third-order valence-electron chi connectivity index (χ3n) is 3.38. The van der Waals surface area contributed by atoms with Crippen LogP contribution in [-0.4, -0.2) is 45.5 Å². The van der Waals surface area contributed by atoms with Crippen molar-refractivity contribution in [3.8, 4) is 5.75 Å². The molecule has 112 valence electrons. The molecule has 1 aliphatic rings. The van der Waals surface area contributed by atoms with Gasteiger partial charge in [0.2, 0.25) is 10.0 Å². The van der Waals surface area contributed by atoms with Gasteiger partial charge >= 0.3 is 0 Å². The van der Waals surface area contributed by atoms with E-state index in [4.69, 9.17) is 4.74 Å². The van der Waals surface area contributed by atoms with E-state index in [9.17, 15) is 8.42 Å². The number of nitrogens with zero attached hydrogens (tertiary/aromatic N) is 1. The Hall–Kier alpha value is -1.11. The van der Waals surface area contributed by atoms with Gasteiger partial charge in [0.25, 0.3) is 0 Å². The van der Waals surface area contributed by atoms with Crippen molar-refractivity contribution in [2.24, 2.45) is 0 Å². The maximum Gasteiger partial charge on any atom is 0.243 e. The molecule has 20 heavy (non-hydrogen) atoms. The predicted octanol–water partition coefficient (Wildman–Crippen LogP) is 1.38. The Labute approximate surface area is 121 Å². The first-order valence-electron chi connectivity index (χ1n) is 7.00. The molecule has 0 saturated carbocycles. The Morgan fingerprint density at radius 1 is 1.30 bits per heavy atom. The van der Waals surface area contributed by atoms with Gasteiger partial charge in [-0.3, -0.25) is 0 Å². The molecule has 0 aromatic heterocycles. The number of nitrogens with one attached hydrogen (secondary N) is 1. The molecule has 0 bridgehead atoms. The quantitative estimate of drug-likeness (QED) is 0.912. The van der Waals surface area contributed by atoms with Crippen molar-refractivity contribution in [3.05, 3.63) is 23.8 Å². The third-order valence-corrected chi connectivity index (χ3v) is 5.28. The molecule has 0 radical (unpaired) electrons. The fraction of sp³-hybridized carbons (Fsp3) is 0.571. The van der Waals surface area contributed by atoms with E-state index in [1.54, 1.807) is 22.5 Å². The highest BCUT2D eigenvalue weighted by atomic mass is 32.2. The maximum absolute atomic E-state index is 12.6. The monoisotopic (exact) mass is 298 g/mol.